The van der Waals surface area contributed by atoms with E-state index in [1.54, 1.807) is 6.20 Å². The topological polar surface area (TPSA) is 92.8 Å². The molecule has 0 saturated carbocycles. The molecular formula is C21H21N5O2. The van der Waals surface area contributed by atoms with Gasteiger partial charge in [0.05, 0.1) is 0 Å². The molecule has 1 aliphatic carbocycles. The molecule has 142 valence electrons. The van der Waals surface area contributed by atoms with Crippen molar-refractivity contribution in [3.8, 4) is 0 Å². The Morgan fingerprint density at radius 2 is 2.14 bits per heavy atom. The van der Waals surface area contributed by atoms with Gasteiger partial charge in [-0.3, -0.25) is 10.4 Å². The maximum Gasteiger partial charge on any atom is 0.413 e. The van der Waals surface area contributed by atoms with Crippen LogP contribution in [0.5, 0.6) is 0 Å². The Bertz CT molecular complexity index is 997. The summed E-state index contributed by atoms with van der Waals surface area (Å²) in [6, 6.07) is 13.3. The number of carbonyl (C=O) groups excluding carboxylic acids is 1. The van der Waals surface area contributed by atoms with Gasteiger partial charge < -0.3 is 4.74 Å². The first kappa shape index (κ1) is 17.9. The monoisotopic (exact) mass is 375 g/mol. The van der Waals surface area contributed by atoms with E-state index in [0.29, 0.717) is 5.82 Å². The van der Waals surface area contributed by atoms with Crippen LogP contribution in [0.2, 0.25) is 0 Å². The minimum absolute atomic E-state index is 0.197. The average molecular weight is 375 g/mol. The van der Waals surface area contributed by atoms with Crippen LogP contribution in [-0.2, 0) is 11.3 Å². The van der Waals surface area contributed by atoms with E-state index in [1.807, 2.05) is 49.4 Å². The number of aromatic nitrogens is 4. The van der Waals surface area contributed by atoms with E-state index in [2.05, 4.69) is 31.6 Å². The lowest BCUT2D eigenvalue weighted by Gasteiger charge is -2.04. The predicted octanol–water partition coefficient (Wildman–Crippen LogP) is 4.22. The summed E-state index contributed by atoms with van der Waals surface area (Å²) < 4.78 is 5.22. The third-order valence-electron chi connectivity index (χ3n) is 4.65. The molecule has 1 atom stereocenters. The first-order valence-electron chi connectivity index (χ1n) is 9.21. The fraction of sp³-hybridized carbons (Fsp3) is 0.238. The number of ether oxygens (including phenoxy) is 1. The zero-order valence-electron chi connectivity index (χ0n) is 15.6. The van der Waals surface area contributed by atoms with Gasteiger partial charge in [-0.2, -0.15) is 5.10 Å². The molecule has 0 bridgehead atoms. The van der Waals surface area contributed by atoms with Crippen LogP contribution in [0.15, 0.2) is 54.7 Å². The molecule has 7 nitrogen and oxygen atoms in total. The fourth-order valence-corrected chi connectivity index (χ4v) is 3.21. The quantitative estimate of drug-likeness (QED) is 0.696. The van der Waals surface area contributed by atoms with Crippen molar-refractivity contribution in [2.75, 3.05) is 5.32 Å². The average Bonchev–Trinajstić information content (AvgIpc) is 3.37. The number of amides is 1. The minimum Gasteiger partial charge on any atom is -0.444 e. The summed E-state index contributed by atoms with van der Waals surface area (Å²) in [6.07, 6.45) is 5.28. The Hall–Kier alpha value is -3.48. The summed E-state index contributed by atoms with van der Waals surface area (Å²) in [6.45, 7) is 2.18. The van der Waals surface area contributed by atoms with Gasteiger partial charge in [-0.25, -0.2) is 14.8 Å². The van der Waals surface area contributed by atoms with Crippen LogP contribution < -0.4 is 5.32 Å². The summed E-state index contributed by atoms with van der Waals surface area (Å²) in [4.78, 5) is 20.8. The van der Waals surface area contributed by atoms with Crippen molar-refractivity contribution in [1.82, 2.24) is 20.2 Å². The van der Waals surface area contributed by atoms with E-state index in [4.69, 9.17) is 4.74 Å². The number of carbonyl (C=O) groups is 1. The van der Waals surface area contributed by atoms with Crippen LogP contribution in [0.3, 0.4) is 0 Å². The Balaban J connectivity index is 1.36. The molecule has 0 saturated heterocycles. The molecule has 1 amide bonds. The second-order valence-electron chi connectivity index (χ2n) is 6.75. The molecule has 0 fully saturated rings. The lowest BCUT2D eigenvalue weighted by Crippen LogP contribution is -2.13. The lowest BCUT2D eigenvalue weighted by atomic mass is 10.1. The summed E-state index contributed by atoms with van der Waals surface area (Å²) in [5.41, 5.74) is 3.97. The molecule has 0 aliphatic heterocycles. The summed E-state index contributed by atoms with van der Waals surface area (Å²) in [5, 5.41) is 9.83. The highest BCUT2D eigenvalue weighted by Gasteiger charge is 2.22. The molecule has 4 rings (SSSR count). The largest absolute Gasteiger partial charge is 0.444 e. The Labute approximate surface area is 162 Å². The number of benzene rings is 1. The molecule has 2 N–H and O–H groups in total. The summed E-state index contributed by atoms with van der Waals surface area (Å²) in [5.74, 6) is 1.43. The molecule has 2 heterocycles. The number of allylic oxidation sites excluding steroid dienone is 2. The van der Waals surface area contributed by atoms with E-state index < -0.39 is 6.09 Å². The zero-order chi connectivity index (χ0) is 19.3. The first-order chi connectivity index (χ1) is 13.7. The van der Waals surface area contributed by atoms with Gasteiger partial charge in [0.15, 0.2) is 11.6 Å². The lowest BCUT2D eigenvalue weighted by molar-refractivity contribution is 0.155. The molecular weight excluding hydrogens is 354 g/mol. The van der Waals surface area contributed by atoms with Crippen molar-refractivity contribution >= 4 is 17.5 Å². The van der Waals surface area contributed by atoms with Gasteiger partial charge in [0.1, 0.15) is 6.61 Å². The standard InChI is InChI=1S/C21H21N5O2/c1-14-9-10-22-20(23-14)17-8-7-16(11-17)18-12-19(26-25-18)24-21(27)28-13-15-5-3-2-4-6-15/h2-6,9-12,16H,7-8,13H2,1H3,(H2,24,25,26,27). The second kappa shape index (κ2) is 8.04. The number of hydrogen-bond acceptors (Lipinski definition) is 5. The summed E-state index contributed by atoms with van der Waals surface area (Å²) in [7, 11) is 0. The normalized spacial score (nSPS) is 15.9. The third-order valence-corrected chi connectivity index (χ3v) is 4.65. The van der Waals surface area contributed by atoms with E-state index in [0.717, 1.165) is 41.2 Å². The first-order valence-corrected chi connectivity index (χ1v) is 9.21. The van der Waals surface area contributed by atoms with Crippen LogP contribution in [0.25, 0.3) is 5.57 Å². The molecule has 1 aliphatic rings. The van der Waals surface area contributed by atoms with Crippen LogP contribution in [0.1, 0.15) is 41.5 Å². The van der Waals surface area contributed by atoms with E-state index >= 15 is 0 Å². The Kier molecular flexibility index (Phi) is 5.14. The number of anilines is 1. The number of nitrogens with one attached hydrogen (secondary N) is 2. The molecule has 28 heavy (non-hydrogen) atoms. The minimum atomic E-state index is -0.530. The number of aromatic amines is 1. The van der Waals surface area contributed by atoms with Gasteiger partial charge in [-0.05, 0) is 37.0 Å². The van der Waals surface area contributed by atoms with Crippen LogP contribution >= 0.6 is 0 Å². The highest BCUT2D eigenvalue weighted by molar-refractivity contribution is 5.83. The van der Waals surface area contributed by atoms with Crippen molar-refractivity contribution in [2.24, 2.45) is 0 Å². The van der Waals surface area contributed by atoms with Crippen molar-refractivity contribution in [2.45, 2.75) is 32.3 Å². The molecule has 0 radical (unpaired) electrons. The Morgan fingerprint density at radius 3 is 2.96 bits per heavy atom. The number of H-pyrrole nitrogens is 1. The van der Waals surface area contributed by atoms with E-state index in [-0.39, 0.29) is 12.5 Å². The zero-order valence-corrected chi connectivity index (χ0v) is 15.6. The van der Waals surface area contributed by atoms with Crippen LogP contribution in [-0.4, -0.2) is 26.3 Å². The molecule has 7 heteroatoms. The SMILES string of the molecule is Cc1ccnc(C2=CC(c3cc(NC(=O)OCc4ccccc4)n[nH]3)CC2)n1. The third kappa shape index (κ3) is 4.25. The highest BCUT2D eigenvalue weighted by atomic mass is 16.5. The van der Waals surface area contributed by atoms with Gasteiger partial charge in [0.25, 0.3) is 0 Å². The van der Waals surface area contributed by atoms with Crippen molar-refractivity contribution in [1.29, 1.82) is 0 Å². The maximum absolute atomic E-state index is 12.0. The van der Waals surface area contributed by atoms with Gasteiger partial charge in [-0.15, -0.1) is 0 Å². The smallest absolute Gasteiger partial charge is 0.413 e. The molecule has 0 spiro atoms. The molecule has 3 aromatic rings. The van der Waals surface area contributed by atoms with Gasteiger partial charge in [0, 0.05) is 29.6 Å². The Morgan fingerprint density at radius 1 is 1.29 bits per heavy atom. The van der Waals surface area contributed by atoms with Crippen molar-refractivity contribution in [3.05, 3.63) is 77.5 Å². The van der Waals surface area contributed by atoms with Crippen LogP contribution in [0, 0.1) is 6.92 Å². The number of hydrogen-bond donors (Lipinski definition) is 2. The highest BCUT2D eigenvalue weighted by Crippen LogP contribution is 2.36. The number of nitrogens with zero attached hydrogens (tertiary/aromatic N) is 3. The van der Waals surface area contributed by atoms with Gasteiger partial charge in [0.2, 0.25) is 0 Å². The van der Waals surface area contributed by atoms with Crippen LogP contribution in [0.4, 0.5) is 10.6 Å². The van der Waals surface area contributed by atoms with Gasteiger partial charge in [-0.1, -0.05) is 36.4 Å². The maximum atomic E-state index is 12.0. The molecule has 2 aromatic heterocycles. The number of aryl methyl sites for hydroxylation is 1. The molecule has 1 unspecified atom stereocenters. The number of rotatable bonds is 5. The second-order valence-corrected chi connectivity index (χ2v) is 6.75. The van der Waals surface area contributed by atoms with Gasteiger partial charge >= 0.3 is 6.09 Å². The van der Waals surface area contributed by atoms with Crippen molar-refractivity contribution < 1.29 is 9.53 Å². The van der Waals surface area contributed by atoms with E-state index in [1.165, 1.54) is 0 Å². The predicted molar refractivity (Wildman–Crippen MR) is 106 cm³/mol. The molecule has 1 aromatic carbocycles. The summed E-state index contributed by atoms with van der Waals surface area (Å²) >= 11 is 0. The van der Waals surface area contributed by atoms with E-state index in [9.17, 15) is 4.79 Å². The van der Waals surface area contributed by atoms with Crippen molar-refractivity contribution in [3.63, 3.8) is 0 Å². The fourth-order valence-electron chi connectivity index (χ4n) is 3.21.